The van der Waals surface area contributed by atoms with E-state index in [9.17, 15) is 4.79 Å². The number of hydrogen-bond donors (Lipinski definition) is 2. The molecule has 0 spiro atoms. The summed E-state index contributed by atoms with van der Waals surface area (Å²) in [6, 6.07) is 9.12. The van der Waals surface area contributed by atoms with Crippen LogP contribution in [0.4, 0.5) is 0 Å². The number of hydrogen-bond acceptors (Lipinski definition) is 4. The van der Waals surface area contributed by atoms with Gasteiger partial charge in [-0.25, -0.2) is 4.98 Å². The van der Waals surface area contributed by atoms with Gasteiger partial charge in [-0.2, -0.15) is 0 Å². The summed E-state index contributed by atoms with van der Waals surface area (Å²) in [7, 11) is 0. The molecule has 0 saturated heterocycles. The Balaban J connectivity index is 1.48. The van der Waals surface area contributed by atoms with Crippen LogP contribution in [0.25, 0.3) is 16.7 Å². The van der Waals surface area contributed by atoms with E-state index in [0.29, 0.717) is 29.2 Å². The Hall–Kier alpha value is -2.93. The zero-order valence-corrected chi connectivity index (χ0v) is 16.7. The maximum atomic E-state index is 12.7. The Labute approximate surface area is 167 Å². The van der Waals surface area contributed by atoms with Crippen molar-refractivity contribution in [3.8, 4) is 0 Å². The molecule has 1 amide bonds. The Bertz CT molecular complexity index is 1170. The van der Waals surface area contributed by atoms with Gasteiger partial charge in [0.25, 0.3) is 5.91 Å². The lowest BCUT2D eigenvalue weighted by atomic mass is 9.96. The summed E-state index contributed by atoms with van der Waals surface area (Å²) in [5.41, 5.74) is 2.63. The SMILES string of the molecule is CC(C)(C)c1nnc2c(C(=O)NCCc3nc4cc(Cl)ccc4[nH]3)cccn12. The largest absolute Gasteiger partial charge is 0.351 e. The zero-order chi connectivity index (χ0) is 19.9. The summed E-state index contributed by atoms with van der Waals surface area (Å²) in [5, 5.41) is 12.1. The molecule has 4 rings (SSSR count). The third kappa shape index (κ3) is 3.45. The summed E-state index contributed by atoms with van der Waals surface area (Å²) in [6.45, 7) is 6.65. The zero-order valence-electron chi connectivity index (χ0n) is 16.0. The number of imidazole rings is 1. The number of carbonyl (C=O) groups is 1. The minimum Gasteiger partial charge on any atom is -0.351 e. The molecule has 0 fully saturated rings. The van der Waals surface area contributed by atoms with E-state index in [0.717, 1.165) is 22.7 Å². The molecule has 3 aromatic heterocycles. The third-order valence-corrected chi connectivity index (χ3v) is 4.73. The minimum absolute atomic E-state index is 0.168. The van der Waals surface area contributed by atoms with E-state index < -0.39 is 0 Å². The molecule has 3 heterocycles. The van der Waals surface area contributed by atoms with Crippen molar-refractivity contribution in [1.29, 1.82) is 0 Å². The molecule has 0 unspecified atom stereocenters. The van der Waals surface area contributed by atoms with Crippen molar-refractivity contribution < 1.29 is 4.79 Å². The first-order valence-electron chi connectivity index (χ1n) is 9.09. The van der Waals surface area contributed by atoms with Crippen molar-refractivity contribution in [2.75, 3.05) is 6.54 Å². The molecule has 2 N–H and O–H groups in total. The van der Waals surface area contributed by atoms with Crippen LogP contribution in [0.2, 0.25) is 5.02 Å². The van der Waals surface area contributed by atoms with E-state index in [4.69, 9.17) is 11.6 Å². The third-order valence-electron chi connectivity index (χ3n) is 4.49. The van der Waals surface area contributed by atoms with Gasteiger partial charge in [0.05, 0.1) is 16.6 Å². The molecule has 7 nitrogen and oxygen atoms in total. The van der Waals surface area contributed by atoms with Gasteiger partial charge in [0.15, 0.2) is 5.65 Å². The second kappa shape index (κ2) is 6.91. The first kappa shape index (κ1) is 18.4. The summed E-state index contributed by atoms with van der Waals surface area (Å²) in [4.78, 5) is 20.4. The van der Waals surface area contributed by atoms with Crippen molar-refractivity contribution in [2.45, 2.75) is 32.6 Å². The molecule has 0 aliphatic heterocycles. The molecule has 1 aromatic carbocycles. The van der Waals surface area contributed by atoms with Gasteiger partial charge in [-0.3, -0.25) is 9.20 Å². The Morgan fingerprint density at radius 1 is 1.25 bits per heavy atom. The lowest BCUT2D eigenvalue weighted by molar-refractivity contribution is 0.0955. The molecule has 0 bridgehead atoms. The summed E-state index contributed by atoms with van der Waals surface area (Å²) < 4.78 is 1.87. The van der Waals surface area contributed by atoms with Crippen molar-refractivity contribution in [1.82, 2.24) is 29.9 Å². The predicted molar refractivity (Wildman–Crippen MR) is 109 cm³/mol. The monoisotopic (exact) mass is 396 g/mol. The summed E-state index contributed by atoms with van der Waals surface area (Å²) >= 11 is 6.00. The van der Waals surface area contributed by atoms with Gasteiger partial charge in [0.2, 0.25) is 0 Å². The van der Waals surface area contributed by atoms with Gasteiger partial charge in [-0.05, 0) is 30.3 Å². The number of halogens is 1. The maximum Gasteiger partial charge on any atom is 0.255 e. The minimum atomic E-state index is -0.183. The van der Waals surface area contributed by atoms with Crippen molar-refractivity contribution in [2.24, 2.45) is 0 Å². The normalized spacial score (nSPS) is 12.0. The molecule has 4 aromatic rings. The molecule has 8 heteroatoms. The standard InChI is InChI=1S/C20H21ClN6O/c1-20(2,3)19-26-25-17-13(5-4-10-27(17)19)18(28)22-9-8-16-23-14-7-6-12(21)11-15(14)24-16/h4-7,10-11H,8-9H2,1-3H3,(H,22,28)(H,23,24). The van der Waals surface area contributed by atoms with Gasteiger partial charge in [-0.1, -0.05) is 32.4 Å². The van der Waals surface area contributed by atoms with E-state index in [2.05, 4.69) is 46.3 Å². The Morgan fingerprint density at radius 3 is 2.86 bits per heavy atom. The number of aromatic nitrogens is 5. The number of benzene rings is 1. The molecule has 0 aliphatic carbocycles. The quantitative estimate of drug-likeness (QED) is 0.552. The first-order valence-corrected chi connectivity index (χ1v) is 9.47. The van der Waals surface area contributed by atoms with Crippen molar-refractivity contribution in [3.63, 3.8) is 0 Å². The van der Waals surface area contributed by atoms with Crippen LogP contribution in [0.5, 0.6) is 0 Å². The van der Waals surface area contributed by atoms with E-state index in [1.807, 2.05) is 34.9 Å². The molecule has 144 valence electrons. The number of fused-ring (bicyclic) bond motifs is 2. The number of carbonyl (C=O) groups excluding carboxylic acids is 1. The average molecular weight is 397 g/mol. The molecule has 28 heavy (non-hydrogen) atoms. The number of nitrogens with one attached hydrogen (secondary N) is 2. The smallest absolute Gasteiger partial charge is 0.255 e. The van der Waals surface area contributed by atoms with Gasteiger partial charge in [-0.15, -0.1) is 10.2 Å². The number of H-pyrrole nitrogens is 1. The average Bonchev–Trinajstić information content (AvgIpc) is 3.24. The molecule has 0 aliphatic rings. The lowest BCUT2D eigenvalue weighted by Gasteiger charge is -2.15. The maximum absolute atomic E-state index is 12.7. The molecular formula is C20H21ClN6O. The fourth-order valence-electron chi connectivity index (χ4n) is 3.14. The molecule has 0 atom stereocenters. The van der Waals surface area contributed by atoms with Crippen LogP contribution in [-0.2, 0) is 11.8 Å². The van der Waals surface area contributed by atoms with Gasteiger partial charge in [0, 0.05) is 29.6 Å². The van der Waals surface area contributed by atoms with Gasteiger partial charge < -0.3 is 10.3 Å². The van der Waals surface area contributed by atoms with Crippen molar-refractivity contribution in [3.05, 3.63) is 58.8 Å². The van der Waals surface area contributed by atoms with Crippen LogP contribution in [-0.4, -0.2) is 37.0 Å². The molecular weight excluding hydrogens is 376 g/mol. The highest BCUT2D eigenvalue weighted by molar-refractivity contribution is 6.31. The van der Waals surface area contributed by atoms with Crippen LogP contribution in [0.3, 0.4) is 0 Å². The van der Waals surface area contributed by atoms with Crippen LogP contribution in [0.1, 0.15) is 42.8 Å². The van der Waals surface area contributed by atoms with Crippen molar-refractivity contribution >= 4 is 34.2 Å². The topological polar surface area (TPSA) is 88.0 Å². The highest BCUT2D eigenvalue weighted by Crippen LogP contribution is 2.22. The number of aromatic amines is 1. The highest BCUT2D eigenvalue weighted by Gasteiger charge is 2.23. The van der Waals surface area contributed by atoms with Crippen LogP contribution in [0.15, 0.2) is 36.5 Å². The lowest BCUT2D eigenvalue weighted by Crippen LogP contribution is -2.26. The highest BCUT2D eigenvalue weighted by atomic mass is 35.5. The van der Waals surface area contributed by atoms with Gasteiger partial charge >= 0.3 is 0 Å². The second-order valence-electron chi connectivity index (χ2n) is 7.74. The van der Waals surface area contributed by atoms with E-state index in [1.165, 1.54) is 0 Å². The number of rotatable bonds is 4. The fourth-order valence-corrected chi connectivity index (χ4v) is 3.31. The van der Waals surface area contributed by atoms with Crippen LogP contribution in [0, 0.1) is 0 Å². The van der Waals surface area contributed by atoms with Gasteiger partial charge in [0.1, 0.15) is 11.6 Å². The van der Waals surface area contributed by atoms with Crippen LogP contribution >= 0.6 is 11.6 Å². The summed E-state index contributed by atoms with van der Waals surface area (Å²) in [5.74, 6) is 1.43. The number of pyridine rings is 1. The summed E-state index contributed by atoms with van der Waals surface area (Å²) in [6.07, 6.45) is 2.47. The van der Waals surface area contributed by atoms with Crippen LogP contribution < -0.4 is 5.32 Å². The fraction of sp³-hybridized carbons (Fsp3) is 0.300. The van der Waals surface area contributed by atoms with E-state index in [1.54, 1.807) is 6.07 Å². The number of nitrogens with zero attached hydrogens (tertiary/aromatic N) is 4. The van der Waals surface area contributed by atoms with E-state index >= 15 is 0 Å². The first-order chi connectivity index (χ1) is 13.3. The van der Waals surface area contributed by atoms with E-state index in [-0.39, 0.29) is 11.3 Å². The molecule has 0 saturated carbocycles. The Kier molecular flexibility index (Phi) is 4.55. The second-order valence-corrected chi connectivity index (χ2v) is 8.18. The number of amides is 1. The predicted octanol–water partition coefficient (Wildman–Crippen LogP) is 3.53. The Morgan fingerprint density at radius 2 is 2.07 bits per heavy atom. The molecule has 0 radical (unpaired) electrons.